The summed E-state index contributed by atoms with van der Waals surface area (Å²) in [5, 5.41) is 3.99. The predicted molar refractivity (Wildman–Crippen MR) is 65.7 cm³/mol. The monoisotopic (exact) mass is 293 g/mol. The van der Waals surface area contributed by atoms with Crippen molar-refractivity contribution in [1.82, 2.24) is 15.0 Å². The van der Waals surface area contributed by atoms with Crippen LogP contribution in [0, 0.1) is 0 Å². The fourth-order valence-electron chi connectivity index (χ4n) is 3.30. The third-order valence-corrected chi connectivity index (χ3v) is 4.45. The van der Waals surface area contributed by atoms with Gasteiger partial charge in [0, 0.05) is 25.9 Å². The number of fused-ring (bicyclic) bond motifs is 1. The Morgan fingerprint density at radius 2 is 1.90 bits per heavy atom. The highest BCUT2D eigenvalue weighted by Gasteiger charge is 2.67. The van der Waals surface area contributed by atoms with Crippen molar-refractivity contribution in [2.45, 2.75) is 43.9 Å². The predicted octanol–water partition coefficient (Wildman–Crippen LogP) is 0.123. The zero-order valence-electron chi connectivity index (χ0n) is 11.6. The lowest BCUT2D eigenvalue weighted by molar-refractivity contribution is -0.310. The van der Waals surface area contributed by atoms with E-state index in [1.165, 1.54) is 0 Å². The molecular weight excluding hydrogens is 278 g/mol. The summed E-state index contributed by atoms with van der Waals surface area (Å²) in [5.41, 5.74) is -0.203. The van der Waals surface area contributed by atoms with E-state index in [9.17, 15) is 9.59 Å². The van der Waals surface area contributed by atoms with Crippen LogP contribution in [0.25, 0.3) is 0 Å². The summed E-state index contributed by atoms with van der Waals surface area (Å²) in [5.74, 6) is -1.69. The van der Waals surface area contributed by atoms with Gasteiger partial charge >= 0.3 is 17.8 Å². The molecule has 0 atom stereocenters. The minimum atomic E-state index is -1.21. The standard InChI is InChI=1S/C13H15N3O5/c1-2-3-8-14-11(21-15-8)12-4-5-13(16(6-12)7-12)19-9(17)10(18)20-13/h2-7H2,1H3. The summed E-state index contributed by atoms with van der Waals surface area (Å²) in [6.45, 7) is 3.23. The molecule has 4 saturated heterocycles. The Hall–Kier alpha value is -1.96. The molecular formula is C13H15N3O5. The number of hydrogen-bond donors (Lipinski definition) is 0. The van der Waals surface area contributed by atoms with Crippen molar-refractivity contribution in [2.75, 3.05) is 13.1 Å². The topological polar surface area (TPSA) is 94.8 Å². The van der Waals surface area contributed by atoms with E-state index >= 15 is 0 Å². The number of aryl methyl sites for hydroxylation is 1. The van der Waals surface area contributed by atoms with Gasteiger partial charge in [0.15, 0.2) is 5.82 Å². The van der Waals surface area contributed by atoms with E-state index in [1.54, 1.807) is 0 Å². The van der Waals surface area contributed by atoms with Gasteiger partial charge in [-0.2, -0.15) is 4.98 Å². The Labute approximate surface area is 120 Å². The summed E-state index contributed by atoms with van der Waals surface area (Å²) >= 11 is 0. The Balaban J connectivity index is 1.53. The number of carbonyl (C=O) groups excluding carboxylic acids is 2. The smallest absolute Gasteiger partial charge is 0.400 e. The summed E-state index contributed by atoms with van der Waals surface area (Å²) in [7, 11) is 0. The number of piperidine rings is 2. The molecule has 0 N–H and O–H groups in total. The minimum absolute atomic E-state index is 0.203. The highest BCUT2D eigenvalue weighted by atomic mass is 16.8. The van der Waals surface area contributed by atoms with Gasteiger partial charge in [0.1, 0.15) is 0 Å². The molecule has 0 saturated carbocycles. The van der Waals surface area contributed by atoms with E-state index in [0.717, 1.165) is 18.7 Å². The largest absolute Gasteiger partial charge is 0.421 e. The van der Waals surface area contributed by atoms with Gasteiger partial charge in [-0.25, -0.2) is 14.5 Å². The van der Waals surface area contributed by atoms with Crippen LogP contribution < -0.4 is 0 Å². The molecule has 0 radical (unpaired) electrons. The van der Waals surface area contributed by atoms with Crippen LogP contribution in [-0.2, 0) is 30.9 Å². The van der Waals surface area contributed by atoms with Crippen LogP contribution in [0.5, 0.6) is 0 Å². The summed E-state index contributed by atoms with van der Waals surface area (Å²) < 4.78 is 15.6. The van der Waals surface area contributed by atoms with Crippen LogP contribution >= 0.6 is 0 Å². The molecule has 5 heterocycles. The molecule has 4 aliphatic rings. The average Bonchev–Trinajstić information content (AvgIpc) is 2.96. The third kappa shape index (κ3) is 1.65. The fourth-order valence-corrected chi connectivity index (χ4v) is 3.30. The second-order valence-electron chi connectivity index (χ2n) is 5.89. The van der Waals surface area contributed by atoms with Crippen molar-refractivity contribution in [1.29, 1.82) is 0 Å². The number of ether oxygens (including phenoxy) is 2. The fraction of sp³-hybridized carbons (Fsp3) is 0.692. The van der Waals surface area contributed by atoms with Crippen molar-refractivity contribution in [2.24, 2.45) is 0 Å². The van der Waals surface area contributed by atoms with Crippen LogP contribution in [-0.4, -0.2) is 46.0 Å². The molecule has 0 aliphatic carbocycles. The number of aromatic nitrogens is 2. The lowest BCUT2D eigenvalue weighted by Crippen LogP contribution is -2.72. The molecule has 8 heteroatoms. The van der Waals surface area contributed by atoms with Crippen molar-refractivity contribution in [3.05, 3.63) is 11.7 Å². The van der Waals surface area contributed by atoms with E-state index < -0.39 is 17.8 Å². The molecule has 2 bridgehead atoms. The Bertz CT molecular complexity index is 598. The summed E-state index contributed by atoms with van der Waals surface area (Å²) in [4.78, 5) is 28.8. The normalized spacial score (nSPS) is 32.7. The van der Waals surface area contributed by atoms with E-state index in [1.807, 2.05) is 4.90 Å². The quantitative estimate of drug-likeness (QED) is 0.573. The molecule has 0 amide bonds. The zero-order chi connectivity index (χ0) is 14.7. The molecule has 1 aromatic rings. The van der Waals surface area contributed by atoms with E-state index in [-0.39, 0.29) is 5.41 Å². The van der Waals surface area contributed by atoms with Crippen LogP contribution in [0.15, 0.2) is 4.52 Å². The van der Waals surface area contributed by atoms with Gasteiger partial charge < -0.3 is 14.0 Å². The second-order valence-corrected chi connectivity index (χ2v) is 5.89. The van der Waals surface area contributed by atoms with Crippen LogP contribution in [0.2, 0.25) is 0 Å². The van der Waals surface area contributed by atoms with Gasteiger partial charge in [-0.15, -0.1) is 0 Å². The molecule has 21 heavy (non-hydrogen) atoms. The third-order valence-electron chi connectivity index (χ3n) is 4.45. The first-order chi connectivity index (χ1) is 10.1. The first-order valence-electron chi connectivity index (χ1n) is 7.11. The Morgan fingerprint density at radius 3 is 2.48 bits per heavy atom. The first-order valence-corrected chi connectivity index (χ1v) is 7.11. The van der Waals surface area contributed by atoms with Gasteiger partial charge in [-0.05, 0) is 12.8 Å². The number of hydrogen-bond acceptors (Lipinski definition) is 8. The molecule has 112 valence electrons. The van der Waals surface area contributed by atoms with E-state index in [4.69, 9.17) is 14.0 Å². The SMILES string of the molecule is CCCc1noc(C23CCC4(OC(=O)C(=O)O4)N(C2)C3)n1. The molecule has 4 aliphatic heterocycles. The molecule has 1 spiro atoms. The van der Waals surface area contributed by atoms with E-state index in [2.05, 4.69) is 17.1 Å². The maximum absolute atomic E-state index is 11.3. The zero-order valence-corrected chi connectivity index (χ0v) is 11.6. The van der Waals surface area contributed by atoms with Gasteiger partial charge in [0.05, 0.1) is 5.41 Å². The van der Waals surface area contributed by atoms with Gasteiger partial charge in [-0.1, -0.05) is 12.1 Å². The average molecular weight is 293 g/mol. The first kappa shape index (κ1) is 12.8. The second kappa shape index (κ2) is 4.03. The van der Waals surface area contributed by atoms with Gasteiger partial charge in [0.2, 0.25) is 5.89 Å². The van der Waals surface area contributed by atoms with Crippen molar-refractivity contribution >= 4 is 11.9 Å². The number of rotatable bonds is 3. The maximum atomic E-state index is 11.3. The molecule has 0 aromatic carbocycles. The highest BCUT2D eigenvalue weighted by molar-refractivity contribution is 6.31. The lowest BCUT2D eigenvalue weighted by atomic mass is 9.70. The Morgan fingerprint density at radius 1 is 1.19 bits per heavy atom. The minimum Gasteiger partial charge on any atom is -0.400 e. The molecule has 5 rings (SSSR count). The summed E-state index contributed by atoms with van der Waals surface area (Å²) in [6.07, 6.45) is 2.86. The maximum Gasteiger partial charge on any atom is 0.421 e. The van der Waals surface area contributed by atoms with Crippen molar-refractivity contribution in [3.63, 3.8) is 0 Å². The van der Waals surface area contributed by atoms with Crippen LogP contribution in [0.1, 0.15) is 37.9 Å². The number of nitrogens with zero attached hydrogens (tertiary/aromatic N) is 3. The van der Waals surface area contributed by atoms with Gasteiger partial charge in [-0.3, -0.25) is 0 Å². The van der Waals surface area contributed by atoms with Crippen molar-refractivity contribution < 1.29 is 23.6 Å². The van der Waals surface area contributed by atoms with Gasteiger partial charge in [0.25, 0.3) is 0 Å². The van der Waals surface area contributed by atoms with Crippen LogP contribution in [0.4, 0.5) is 0 Å². The Kier molecular flexibility index (Phi) is 2.45. The summed E-state index contributed by atoms with van der Waals surface area (Å²) in [6, 6.07) is 0. The lowest BCUT2D eigenvalue weighted by Gasteiger charge is -2.57. The van der Waals surface area contributed by atoms with Crippen LogP contribution in [0.3, 0.4) is 0 Å². The highest BCUT2D eigenvalue weighted by Crippen LogP contribution is 2.51. The van der Waals surface area contributed by atoms with Crippen molar-refractivity contribution in [3.8, 4) is 0 Å². The molecule has 1 aromatic heterocycles. The number of esters is 2. The molecule has 8 nitrogen and oxygen atoms in total. The van der Waals surface area contributed by atoms with E-state index in [0.29, 0.717) is 31.8 Å². The molecule has 4 fully saturated rings. The molecule has 0 unspecified atom stereocenters. The number of carbonyl (C=O) groups is 2.